The fourth-order valence-electron chi connectivity index (χ4n) is 4.10. The van der Waals surface area contributed by atoms with Gasteiger partial charge in [-0.3, -0.25) is 14.9 Å². The van der Waals surface area contributed by atoms with Gasteiger partial charge in [-0.15, -0.1) is 0 Å². The first-order valence-corrected chi connectivity index (χ1v) is 10.5. The van der Waals surface area contributed by atoms with Gasteiger partial charge in [0.05, 0.1) is 43.6 Å². The molecule has 2 aliphatic rings. The van der Waals surface area contributed by atoms with Crippen LogP contribution in [0.4, 0.5) is 29.3 Å². The highest BCUT2D eigenvalue weighted by molar-refractivity contribution is 6.03. The lowest BCUT2D eigenvalue weighted by Gasteiger charge is -2.35. The lowest BCUT2D eigenvalue weighted by Crippen LogP contribution is -2.47. The number of urea groups is 1. The number of hydrogen-bond donors (Lipinski definition) is 2. The number of amides is 3. The highest BCUT2D eigenvalue weighted by Gasteiger charge is 2.38. The number of rotatable bonds is 3. The zero-order chi connectivity index (χ0) is 24.7. The number of halogens is 3. The van der Waals surface area contributed by atoms with Crippen molar-refractivity contribution in [2.75, 3.05) is 16.8 Å². The van der Waals surface area contributed by atoms with Crippen molar-refractivity contribution in [1.29, 1.82) is 5.41 Å². The van der Waals surface area contributed by atoms with E-state index in [-0.39, 0.29) is 48.9 Å². The van der Waals surface area contributed by atoms with E-state index in [0.717, 1.165) is 0 Å². The molecule has 34 heavy (non-hydrogen) atoms. The van der Waals surface area contributed by atoms with E-state index in [0.29, 0.717) is 30.1 Å². The van der Waals surface area contributed by atoms with Crippen molar-refractivity contribution in [2.45, 2.75) is 39.4 Å². The Balaban J connectivity index is 1.53. The van der Waals surface area contributed by atoms with Gasteiger partial charge in [0.2, 0.25) is 5.91 Å². The molecule has 0 spiro atoms. The fourth-order valence-corrected chi connectivity index (χ4v) is 4.10. The Bertz CT molecular complexity index is 1190. The van der Waals surface area contributed by atoms with Crippen LogP contribution in [-0.2, 0) is 17.9 Å². The SMILES string of the molecule is CC([OH2+])=NC(=N)C1CC(=O)N(c2cnn3c2CN(C(=O)Nc2cc(F)c(F)c(F)c2)[C@@H](C)C3)C1. The first-order chi connectivity index (χ1) is 16.0. The van der Waals surface area contributed by atoms with Crippen LogP contribution >= 0.6 is 0 Å². The molecule has 1 aromatic carbocycles. The highest BCUT2D eigenvalue weighted by atomic mass is 19.2. The molecule has 4 N–H and O–H groups in total. The summed E-state index contributed by atoms with van der Waals surface area (Å²) in [6, 6.07) is 0.406. The predicted octanol–water partition coefficient (Wildman–Crippen LogP) is 2.21. The molecule has 13 heteroatoms. The topological polar surface area (TPSA) is 130 Å². The van der Waals surface area contributed by atoms with E-state index in [1.165, 1.54) is 22.9 Å². The van der Waals surface area contributed by atoms with Gasteiger partial charge >= 0.3 is 11.9 Å². The maximum Gasteiger partial charge on any atom is 0.329 e. The Morgan fingerprint density at radius 3 is 2.59 bits per heavy atom. The number of hydrogen-bond acceptors (Lipinski definition) is 4. The molecule has 3 amide bonds. The quantitative estimate of drug-likeness (QED) is 0.304. The van der Waals surface area contributed by atoms with Gasteiger partial charge in [-0.25, -0.2) is 18.0 Å². The van der Waals surface area contributed by atoms with Crippen LogP contribution in [-0.4, -0.2) is 56.0 Å². The third-order valence-electron chi connectivity index (χ3n) is 5.80. The molecule has 2 aromatic rings. The molecule has 3 heterocycles. The third kappa shape index (κ3) is 4.32. The molecule has 180 valence electrons. The number of benzene rings is 1. The van der Waals surface area contributed by atoms with Crippen LogP contribution in [0.3, 0.4) is 0 Å². The molecule has 2 atom stereocenters. The predicted molar refractivity (Wildman–Crippen MR) is 117 cm³/mol. The van der Waals surface area contributed by atoms with E-state index < -0.39 is 29.4 Å². The Kier molecular flexibility index (Phi) is 6.02. The number of fused-ring (bicyclic) bond motifs is 1. The maximum absolute atomic E-state index is 13.5. The van der Waals surface area contributed by atoms with Gasteiger partial charge in [0.25, 0.3) is 0 Å². The molecule has 0 aliphatic carbocycles. The number of aromatic nitrogens is 2. The molecule has 1 unspecified atom stereocenters. The molecule has 2 aliphatic heterocycles. The van der Waals surface area contributed by atoms with Gasteiger partial charge in [0.1, 0.15) is 5.84 Å². The number of anilines is 2. The van der Waals surface area contributed by atoms with Gasteiger partial charge in [-0.2, -0.15) is 10.1 Å². The molecule has 1 fully saturated rings. The van der Waals surface area contributed by atoms with Crippen LogP contribution in [0.25, 0.3) is 0 Å². The minimum Gasteiger partial charge on any atom is -0.582 e. The van der Waals surface area contributed by atoms with E-state index in [1.54, 1.807) is 11.6 Å². The monoisotopic (exact) mass is 478 g/mol. The average Bonchev–Trinajstić information content (AvgIpc) is 3.33. The van der Waals surface area contributed by atoms with Gasteiger partial charge in [-0.1, -0.05) is 0 Å². The van der Waals surface area contributed by atoms with Gasteiger partial charge in [-0.05, 0) is 6.92 Å². The summed E-state index contributed by atoms with van der Waals surface area (Å²) in [5.74, 6) is -5.21. The summed E-state index contributed by atoms with van der Waals surface area (Å²) in [4.78, 5) is 32.3. The average molecular weight is 478 g/mol. The summed E-state index contributed by atoms with van der Waals surface area (Å²) < 4.78 is 41.9. The Morgan fingerprint density at radius 2 is 1.94 bits per heavy atom. The van der Waals surface area contributed by atoms with Crippen LogP contribution in [0.2, 0.25) is 0 Å². The normalized spacial score (nSPS) is 20.5. The molecule has 4 rings (SSSR count). The smallest absolute Gasteiger partial charge is 0.329 e. The summed E-state index contributed by atoms with van der Waals surface area (Å²) in [6.07, 6.45) is 1.60. The molecule has 1 aromatic heterocycles. The summed E-state index contributed by atoms with van der Waals surface area (Å²) >= 11 is 0. The van der Waals surface area contributed by atoms with E-state index in [9.17, 15) is 22.8 Å². The summed E-state index contributed by atoms with van der Waals surface area (Å²) in [6.45, 7) is 3.80. The molecular weight excluding hydrogens is 455 g/mol. The van der Waals surface area contributed by atoms with Gasteiger partial charge in [0.15, 0.2) is 17.5 Å². The van der Waals surface area contributed by atoms with Crippen molar-refractivity contribution in [2.24, 2.45) is 10.9 Å². The van der Waals surface area contributed by atoms with Crippen molar-refractivity contribution in [3.63, 3.8) is 0 Å². The van der Waals surface area contributed by atoms with E-state index in [4.69, 9.17) is 10.5 Å². The second-order valence-electron chi connectivity index (χ2n) is 8.31. The standard InChI is InChI=1S/C21H22F3N7O3/c1-10-7-31-17(9-29(10)21(34)28-13-4-14(22)19(24)15(23)5-13)16(6-26-31)30-8-12(3-18(30)33)20(25)27-11(2)32/h4-6,10,12H,3,7-9H2,1-2H3,(H,28,34)(H2,25,27,32)/p+1/t10-,12?/m0/s1. The molecule has 1 saturated heterocycles. The molecule has 0 radical (unpaired) electrons. The minimum atomic E-state index is -1.62. The maximum atomic E-state index is 13.5. The third-order valence-corrected chi connectivity index (χ3v) is 5.80. The van der Waals surface area contributed by atoms with Crippen molar-refractivity contribution in [1.82, 2.24) is 14.7 Å². The van der Waals surface area contributed by atoms with Crippen molar-refractivity contribution in [3.8, 4) is 0 Å². The van der Waals surface area contributed by atoms with E-state index >= 15 is 0 Å². The molecule has 0 bridgehead atoms. The first kappa shape index (κ1) is 23.3. The minimum absolute atomic E-state index is 0.0182. The van der Waals surface area contributed by atoms with Crippen LogP contribution in [0.1, 0.15) is 26.0 Å². The zero-order valence-electron chi connectivity index (χ0n) is 18.4. The highest BCUT2D eigenvalue weighted by Crippen LogP contribution is 2.32. The largest absolute Gasteiger partial charge is 0.582 e. The summed E-state index contributed by atoms with van der Waals surface area (Å²) in [5, 5.41) is 22.2. The number of carbonyl (C=O) groups excluding carboxylic acids is 2. The van der Waals surface area contributed by atoms with Crippen molar-refractivity contribution < 1.29 is 27.9 Å². The molecule has 0 saturated carbocycles. The Labute approximate surface area is 192 Å². The van der Waals surface area contributed by atoms with Crippen LogP contribution in [0.5, 0.6) is 0 Å². The fraction of sp³-hybridized carbons (Fsp3) is 0.381. The number of nitrogens with zero attached hydrogens (tertiary/aromatic N) is 5. The van der Waals surface area contributed by atoms with Crippen molar-refractivity contribution >= 4 is 35.0 Å². The lowest BCUT2D eigenvalue weighted by atomic mass is 10.1. The van der Waals surface area contributed by atoms with Gasteiger partial charge < -0.3 is 20.2 Å². The van der Waals surface area contributed by atoms with Crippen LogP contribution in [0, 0.1) is 28.8 Å². The number of nitrogens with one attached hydrogen (secondary N) is 2. The second kappa shape index (κ2) is 8.80. The summed E-state index contributed by atoms with van der Waals surface area (Å²) in [5.41, 5.74) is 0.857. The Hall–Kier alpha value is -3.90. The first-order valence-electron chi connectivity index (χ1n) is 10.5. The van der Waals surface area contributed by atoms with Gasteiger partial charge in [0, 0.05) is 36.7 Å². The molecular formula is C21H23F3N7O3+. The number of aliphatic imine (C=N–C) groups is 1. The van der Waals surface area contributed by atoms with Crippen LogP contribution in [0.15, 0.2) is 23.3 Å². The summed E-state index contributed by atoms with van der Waals surface area (Å²) in [7, 11) is 0. The Morgan fingerprint density at radius 1 is 1.26 bits per heavy atom. The number of carbonyl (C=O) groups is 2. The van der Waals surface area contributed by atoms with Crippen molar-refractivity contribution in [3.05, 3.63) is 41.5 Å². The zero-order valence-corrected chi connectivity index (χ0v) is 18.4. The molecule has 10 nitrogen and oxygen atoms in total. The van der Waals surface area contributed by atoms with E-state index in [1.807, 2.05) is 0 Å². The van der Waals surface area contributed by atoms with Crippen LogP contribution < -0.4 is 10.2 Å². The second-order valence-corrected chi connectivity index (χ2v) is 8.31. The lowest BCUT2D eigenvalue weighted by molar-refractivity contribution is -0.117. The number of amidine groups is 1. The van der Waals surface area contributed by atoms with E-state index in [2.05, 4.69) is 15.4 Å².